The third-order valence-electron chi connectivity index (χ3n) is 1.23. The van der Waals surface area contributed by atoms with Gasteiger partial charge in [-0.2, -0.15) is 9.78 Å². The van der Waals surface area contributed by atoms with Crippen molar-refractivity contribution in [3.8, 4) is 0 Å². The molecule has 13 heavy (non-hydrogen) atoms. The molecule has 8 heteroatoms. The number of rotatable bonds is 4. The lowest BCUT2D eigenvalue weighted by Crippen LogP contribution is -2.41. The van der Waals surface area contributed by atoms with Crippen LogP contribution in [0.25, 0.3) is 0 Å². The van der Waals surface area contributed by atoms with E-state index in [0.717, 1.165) is 0 Å². The quantitative estimate of drug-likeness (QED) is 0.224. The Balaban J connectivity index is 2.86. The Labute approximate surface area is 69.6 Å². The third kappa shape index (κ3) is 1.27. The van der Waals surface area contributed by atoms with Crippen molar-refractivity contribution in [2.75, 3.05) is 0 Å². The Bertz CT molecular complexity index is 310. The van der Waals surface area contributed by atoms with Gasteiger partial charge >= 0.3 is 23.5 Å². The Morgan fingerprint density at radius 2 is 1.46 bits per heavy atom. The lowest BCUT2D eigenvalue weighted by molar-refractivity contribution is -0.158. The Kier molecular flexibility index (Phi) is 1.86. The number of carbonyl (C=O) groups is 4. The van der Waals surface area contributed by atoms with Crippen molar-refractivity contribution in [2.24, 2.45) is 0 Å². The first kappa shape index (κ1) is 9.29. The summed E-state index contributed by atoms with van der Waals surface area (Å²) in [5.41, 5.74) is 0. The molecular weight excluding hydrogens is 188 g/mol. The molecule has 0 radical (unpaired) electrons. The second-order valence-corrected chi connectivity index (χ2v) is 2.05. The Hall–Kier alpha value is -1.80. The number of aliphatic carboxylic acids is 2. The van der Waals surface area contributed by atoms with Crippen molar-refractivity contribution in [3.63, 3.8) is 0 Å². The summed E-state index contributed by atoms with van der Waals surface area (Å²) in [6.45, 7) is 0. The van der Waals surface area contributed by atoms with Crippen LogP contribution in [0.15, 0.2) is 0 Å². The molecule has 0 atom stereocenters. The van der Waals surface area contributed by atoms with E-state index in [1.807, 2.05) is 0 Å². The van der Waals surface area contributed by atoms with Crippen LogP contribution in [0.5, 0.6) is 0 Å². The second-order valence-electron chi connectivity index (χ2n) is 2.05. The number of carbonyl (C=O) groups excluding carboxylic acids is 2. The minimum absolute atomic E-state index is 1.77. The lowest BCUT2D eigenvalue weighted by Gasteiger charge is -1.95. The van der Waals surface area contributed by atoms with Gasteiger partial charge in [-0.15, -0.1) is 0 Å². The van der Waals surface area contributed by atoms with Crippen LogP contribution in [0.4, 0.5) is 0 Å². The molecule has 0 aliphatic carbocycles. The molecule has 70 valence electrons. The van der Waals surface area contributed by atoms with Crippen LogP contribution in [0.2, 0.25) is 0 Å². The lowest BCUT2D eigenvalue weighted by atomic mass is 10.1. The van der Waals surface area contributed by atoms with Crippen LogP contribution >= 0.6 is 0 Å². The van der Waals surface area contributed by atoms with Crippen molar-refractivity contribution in [1.29, 1.82) is 0 Å². The summed E-state index contributed by atoms with van der Waals surface area (Å²) in [5.74, 6) is -10.3. The van der Waals surface area contributed by atoms with Crippen LogP contribution in [-0.4, -0.2) is 39.5 Å². The number of Topliss-reactive ketones (excluding diaryl/α,β-unsaturated/α-hetero) is 2. The van der Waals surface area contributed by atoms with E-state index >= 15 is 0 Å². The average Bonchev–Trinajstić information content (AvgIpc) is 2.81. The minimum atomic E-state index is -2.74. The van der Waals surface area contributed by atoms with Gasteiger partial charge in [0.05, 0.1) is 0 Å². The molecule has 0 unspecified atom stereocenters. The van der Waals surface area contributed by atoms with Crippen LogP contribution in [0.1, 0.15) is 0 Å². The van der Waals surface area contributed by atoms with Gasteiger partial charge in [0, 0.05) is 0 Å². The zero-order valence-corrected chi connectivity index (χ0v) is 5.84. The smallest absolute Gasteiger partial charge is 0.393 e. The molecule has 1 heterocycles. The van der Waals surface area contributed by atoms with Crippen LogP contribution in [0, 0.1) is 0 Å². The van der Waals surface area contributed by atoms with Gasteiger partial charge in [0.2, 0.25) is 0 Å². The number of hydrogen-bond acceptors (Lipinski definition) is 6. The summed E-state index contributed by atoms with van der Waals surface area (Å²) in [6.07, 6.45) is 0. The fourth-order valence-electron chi connectivity index (χ4n) is 0.532. The van der Waals surface area contributed by atoms with E-state index in [2.05, 4.69) is 9.78 Å². The predicted molar refractivity (Wildman–Crippen MR) is 30.2 cm³/mol. The zero-order chi connectivity index (χ0) is 10.2. The highest BCUT2D eigenvalue weighted by Gasteiger charge is 2.67. The maximum atomic E-state index is 10.7. The highest BCUT2D eigenvalue weighted by atomic mass is 17.4. The largest absolute Gasteiger partial charge is 0.477 e. The van der Waals surface area contributed by atoms with Crippen LogP contribution in [0.3, 0.4) is 0 Å². The van der Waals surface area contributed by atoms with Crippen molar-refractivity contribution in [2.45, 2.75) is 5.79 Å². The number of carboxylic acid groups (broad SMARTS) is 2. The first-order chi connectivity index (χ1) is 5.92. The van der Waals surface area contributed by atoms with E-state index in [9.17, 15) is 19.2 Å². The zero-order valence-electron chi connectivity index (χ0n) is 5.84. The van der Waals surface area contributed by atoms with E-state index in [1.54, 1.807) is 0 Å². The topological polar surface area (TPSA) is 134 Å². The Morgan fingerprint density at radius 3 is 1.69 bits per heavy atom. The summed E-state index contributed by atoms with van der Waals surface area (Å²) < 4.78 is 0. The van der Waals surface area contributed by atoms with E-state index in [0.29, 0.717) is 0 Å². The first-order valence-electron chi connectivity index (χ1n) is 2.84. The van der Waals surface area contributed by atoms with Crippen molar-refractivity contribution < 1.29 is 39.2 Å². The molecular formula is C5H2O8. The molecule has 0 amide bonds. The average molecular weight is 190 g/mol. The molecule has 0 bridgehead atoms. The van der Waals surface area contributed by atoms with Gasteiger partial charge in [-0.3, -0.25) is 9.59 Å². The molecule has 1 aliphatic rings. The third-order valence-corrected chi connectivity index (χ3v) is 1.23. The fraction of sp³-hybridized carbons (Fsp3) is 0.200. The molecule has 1 fully saturated rings. The number of hydrogen-bond donors (Lipinski definition) is 2. The van der Waals surface area contributed by atoms with Crippen molar-refractivity contribution in [1.82, 2.24) is 0 Å². The minimum Gasteiger partial charge on any atom is -0.477 e. The molecule has 8 nitrogen and oxygen atoms in total. The summed E-state index contributed by atoms with van der Waals surface area (Å²) in [6, 6.07) is 0. The molecule has 0 spiro atoms. The maximum Gasteiger partial charge on any atom is 0.393 e. The van der Waals surface area contributed by atoms with Gasteiger partial charge in [-0.05, 0) is 0 Å². The van der Waals surface area contributed by atoms with Gasteiger partial charge in [0.25, 0.3) is 5.78 Å². The van der Waals surface area contributed by atoms with Gasteiger partial charge < -0.3 is 10.2 Å². The van der Waals surface area contributed by atoms with Crippen LogP contribution in [-0.2, 0) is 29.0 Å². The molecule has 1 rings (SSSR count). The highest BCUT2D eigenvalue weighted by molar-refractivity contribution is 6.64. The van der Waals surface area contributed by atoms with E-state index in [4.69, 9.17) is 10.2 Å². The van der Waals surface area contributed by atoms with Gasteiger partial charge in [0.15, 0.2) is 0 Å². The van der Waals surface area contributed by atoms with Crippen molar-refractivity contribution in [3.05, 3.63) is 0 Å². The van der Waals surface area contributed by atoms with E-state index in [1.165, 1.54) is 0 Å². The Morgan fingerprint density at radius 1 is 1.00 bits per heavy atom. The highest BCUT2D eigenvalue weighted by Crippen LogP contribution is 2.31. The summed E-state index contributed by atoms with van der Waals surface area (Å²) >= 11 is 0. The molecule has 0 aromatic rings. The second kappa shape index (κ2) is 2.61. The summed E-state index contributed by atoms with van der Waals surface area (Å²) in [5, 5.41) is 16.3. The maximum absolute atomic E-state index is 10.7. The molecule has 1 aliphatic heterocycles. The SMILES string of the molecule is O=C(O)C(=O)C(=O)C1(C(=O)O)OO1. The summed E-state index contributed by atoms with van der Waals surface area (Å²) in [4.78, 5) is 48.9. The van der Waals surface area contributed by atoms with Crippen LogP contribution < -0.4 is 0 Å². The van der Waals surface area contributed by atoms with Gasteiger partial charge in [-0.25, -0.2) is 9.59 Å². The number of carboxylic acids is 2. The molecule has 0 aromatic carbocycles. The standard InChI is InChI=1S/C5H2O8/c6-1(3(8)9)2(7)5(4(10)11)12-13-5/h(H,8,9)(H,10,11). The molecule has 1 saturated heterocycles. The van der Waals surface area contributed by atoms with Crippen molar-refractivity contribution >= 4 is 23.5 Å². The summed E-state index contributed by atoms with van der Waals surface area (Å²) in [7, 11) is 0. The molecule has 0 saturated carbocycles. The monoisotopic (exact) mass is 190 g/mol. The normalized spacial score (nSPS) is 17.5. The van der Waals surface area contributed by atoms with Gasteiger partial charge in [-0.1, -0.05) is 0 Å². The van der Waals surface area contributed by atoms with E-state index in [-0.39, 0.29) is 0 Å². The molecule has 2 N–H and O–H groups in total. The van der Waals surface area contributed by atoms with Gasteiger partial charge in [0.1, 0.15) is 0 Å². The predicted octanol–water partition coefficient (Wildman–Crippen LogP) is -2.05. The van der Waals surface area contributed by atoms with E-state index < -0.39 is 29.3 Å². The molecule has 0 aromatic heterocycles. The number of ketones is 2. The fourth-order valence-corrected chi connectivity index (χ4v) is 0.532. The first-order valence-corrected chi connectivity index (χ1v) is 2.84.